The Bertz CT molecular complexity index is 1360. The highest BCUT2D eigenvalue weighted by Crippen LogP contribution is 2.28. The van der Waals surface area contributed by atoms with Crippen LogP contribution >= 0.6 is 11.8 Å². The normalized spacial score (nSPS) is 16.0. The van der Waals surface area contributed by atoms with Crippen LogP contribution in [-0.2, 0) is 22.6 Å². The number of hydrogen-bond donors (Lipinski definition) is 1. The average molecular weight is 468 g/mol. The van der Waals surface area contributed by atoms with Gasteiger partial charge in [0.1, 0.15) is 16.9 Å². The van der Waals surface area contributed by atoms with Crippen molar-refractivity contribution in [1.82, 2.24) is 14.9 Å². The van der Waals surface area contributed by atoms with Crippen molar-refractivity contribution in [3.05, 3.63) is 70.3 Å². The lowest BCUT2D eigenvalue weighted by atomic mass is 10.2. The van der Waals surface area contributed by atoms with Crippen LogP contribution in [0, 0.1) is 5.82 Å². The predicted octanol–water partition coefficient (Wildman–Crippen LogP) is 3.87. The lowest BCUT2D eigenvalue weighted by Gasteiger charge is -2.15. The Morgan fingerprint density at radius 2 is 2.03 bits per heavy atom. The molecule has 1 aliphatic heterocycles. The second kappa shape index (κ2) is 9.36. The molecule has 0 aliphatic carbocycles. The van der Waals surface area contributed by atoms with Crippen molar-refractivity contribution in [3.63, 3.8) is 0 Å². The van der Waals surface area contributed by atoms with Crippen molar-refractivity contribution in [2.45, 2.75) is 37.2 Å². The molecule has 0 radical (unpaired) electrons. The molecule has 5 rings (SSSR count). The molecular formula is C24H22FN3O4S. The third-order valence-corrected chi connectivity index (χ3v) is 6.57. The molecule has 7 nitrogen and oxygen atoms in total. The van der Waals surface area contributed by atoms with Gasteiger partial charge in [-0.2, -0.15) is 0 Å². The Kier molecular flexibility index (Phi) is 6.15. The number of furan rings is 1. The van der Waals surface area contributed by atoms with Crippen LogP contribution in [-0.4, -0.2) is 33.9 Å². The number of para-hydroxylation sites is 1. The van der Waals surface area contributed by atoms with E-state index in [0.29, 0.717) is 36.0 Å². The minimum Gasteiger partial charge on any atom is -0.448 e. The highest BCUT2D eigenvalue weighted by atomic mass is 32.2. The van der Waals surface area contributed by atoms with E-state index in [1.807, 2.05) is 18.2 Å². The maximum absolute atomic E-state index is 13.3. The number of nitrogens with one attached hydrogen (secondary N) is 1. The summed E-state index contributed by atoms with van der Waals surface area (Å²) >= 11 is 1.20. The van der Waals surface area contributed by atoms with E-state index in [0.717, 1.165) is 23.8 Å². The van der Waals surface area contributed by atoms with Crippen molar-refractivity contribution in [2.75, 3.05) is 12.4 Å². The molecule has 9 heteroatoms. The monoisotopic (exact) mass is 467 g/mol. The van der Waals surface area contributed by atoms with E-state index in [4.69, 9.17) is 14.1 Å². The summed E-state index contributed by atoms with van der Waals surface area (Å²) < 4.78 is 26.1. The van der Waals surface area contributed by atoms with Crippen LogP contribution in [0.3, 0.4) is 0 Å². The number of carbonyl (C=O) groups excluding carboxylic acids is 1. The van der Waals surface area contributed by atoms with Crippen LogP contribution in [0.2, 0.25) is 0 Å². The molecule has 0 bridgehead atoms. The number of nitrogens with zero attached hydrogens (tertiary/aromatic N) is 2. The summed E-state index contributed by atoms with van der Waals surface area (Å²) in [6, 6.07) is 13.3. The largest absolute Gasteiger partial charge is 0.448 e. The fourth-order valence-corrected chi connectivity index (χ4v) is 4.73. The molecule has 3 heterocycles. The summed E-state index contributed by atoms with van der Waals surface area (Å²) in [6.45, 7) is 1.33. The molecule has 4 aromatic rings. The van der Waals surface area contributed by atoms with Crippen molar-refractivity contribution in [1.29, 1.82) is 0 Å². The smallest absolute Gasteiger partial charge is 0.297 e. The molecule has 2 aromatic carbocycles. The topological polar surface area (TPSA) is 86.4 Å². The molecule has 0 spiro atoms. The number of rotatable bonds is 7. The minimum atomic E-state index is -0.321. The van der Waals surface area contributed by atoms with Crippen LogP contribution in [0.5, 0.6) is 0 Å². The number of ether oxygens (including phenoxy) is 1. The lowest BCUT2D eigenvalue weighted by molar-refractivity contribution is -0.118. The van der Waals surface area contributed by atoms with Crippen molar-refractivity contribution < 1.29 is 18.3 Å². The highest BCUT2D eigenvalue weighted by molar-refractivity contribution is 7.99. The van der Waals surface area contributed by atoms with Gasteiger partial charge in [-0.15, -0.1) is 0 Å². The first-order valence-corrected chi connectivity index (χ1v) is 11.7. The molecule has 1 amide bonds. The zero-order chi connectivity index (χ0) is 22.8. The van der Waals surface area contributed by atoms with Crippen LogP contribution in [0.4, 0.5) is 4.39 Å². The van der Waals surface area contributed by atoms with E-state index in [1.54, 1.807) is 22.8 Å². The molecule has 170 valence electrons. The van der Waals surface area contributed by atoms with Crippen LogP contribution in [0.25, 0.3) is 22.1 Å². The molecule has 1 saturated heterocycles. The van der Waals surface area contributed by atoms with Gasteiger partial charge < -0.3 is 14.5 Å². The number of thioether (sulfide) groups is 1. The molecule has 1 aliphatic rings. The zero-order valence-corrected chi connectivity index (χ0v) is 18.6. The first kappa shape index (κ1) is 21.7. The summed E-state index contributed by atoms with van der Waals surface area (Å²) in [7, 11) is 0. The first-order chi connectivity index (χ1) is 16.1. The molecule has 33 heavy (non-hydrogen) atoms. The maximum atomic E-state index is 13.3. The Morgan fingerprint density at radius 3 is 2.82 bits per heavy atom. The van der Waals surface area contributed by atoms with Crippen LogP contribution in [0.1, 0.15) is 18.4 Å². The van der Waals surface area contributed by atoms with Crippen LogP contribution < -0.4 is 10.9 Å². The fraction of sp³-hybridized carbons (Fsp3) is 0.292. The second-order valence-corrected chi connectivity index (χ2v) is 8.86. The third-order valence-electron chi connectivity index (χ3n) is 5.59. The molecule has 2 aromatic heterocycles. The standard InChI is InChI=1S/C24H22FN3O4S/c25-16-9-7-15(8-10-16)12-26-20(29)14-33-24-27-21-18-5-1-2-6-19(18)32-22(21)23(30)28(24)13-17-4-3-11-31-17/h1-2,5-10,17H,3-4,11-14H2,(H,26,29)/t17-/m0/s1. The number of fused-ring (bicyclic) bond motifs is 3. The summed E-state index contributed by atoms with van der Waals surface area (Å²) in [6.07, 6.45) is 1.75. The Labute approximate surface area is 192 Å². The number of benzene rings is 2. The molecular weight excluding hydrogens is 445 g/mol. The van der Waals surface area contributed by atoms with Gasteiger partial charge in [0.15, 0.2) is 5.16 Å². The maximum Gasteiger partial charge on any atom is 0.297 e. The lowest BCUT2D eigenvalue weighted by Crippen LogP contribution is -2.29. The number of amides is 1. The minimum absolute atomic E-state index is 0.0713. The van der Waals surface area contributed by atoms with Gasteiger partial charge in [-0.05, 0) is 42.7 Å². The quantitative estimate of drug-likeness (QED) is 0.328. The van der Waals surface area contributed by atoms with Crippen molar-refractivity contribution in [3.8, 4) is 0 Å². The second-order valence-electron chi connectivity index (χ2n) is 7.91. The van der Waals surface area contributed by atoms with Gasteiger partial charge in [-0.1, -0.05) is 36.0 Å². The summed E-state index contributed by atoms with van der Waals surface area (Å²) in [4.78, 5) is 30.5. The number of halogens is 1. The van der Waals surface area contributed by atoms with Crippen LogP contribution in [0.15, 0.2) is 62.9 Å². The summed E-state index contributed by atoms with van der Waals surface area (Å²) in [5.41, 5.74) is 1.82. The van der Waals surface area contributed by atoms with E-state index >= 15 is 0 Å². The number of carbonyl (C=O) groups is 1. The Hall–Kier alpha value is -3.17. The molecule has 0 saturated carbocycles. The third kappa shape index (κ3) is 4.65. The van der Waals surface area contributed by atoms with Gasteiger partial charge in [0.25, 0.3) is 5.56 Å². The summed E-state index contributed by atoms with van der Waals surface area (Å²) in [5, 5.41) is 4.03. The Balaban J connectivity index is 1.39. The Morgan fingerprint density at radius 1 is 1.21 bits per heavy atom. The van der Waals surface area contributed by atoms with Gasteiger partial charge in [0.2, 0.25) is 11.5 Å². The van der Waals surface area contributed by atoms with Gasteiger partial charge in [-0.25, -0.2) is 9.37 Å². The molecule has 1 fully saturated rings. The van der Waals surface area contributed by atoms with E-state index < -0.39 is 0 Å². The molecule has 1 N–H and O–H groups in total. The zero-order valence-electron chi connectivity index (χ0n) is 17.8. The fourth-order valence-electron chi connectivity index (χ4n) is 3.90. The van der Waals surface area contributed by atoms with E-state index in [1.165, 1.54) is 23.9 Å². The molecule has 1 atom stereocenters. The van der Waals surface area contributed by atoms with Crippen molar-refractivity contribution in [2.24, 2.45) is 0 Å². The summed E-state index contributed by atoms with van der Waals surface area (Å²) in [5.74, 6) is -0.446. The van der Waals surface area contributed by atoms with Gasteiger partial charge >= 0.3 is 0 Å². The van der Waals surface area contributed by atoms with E-state index in [2.05, 4.69) is 5.32 Å². The van der Waals surface area contributed by atoms with E-state index in [-0.39, 0.29) is 34.7 Å². The average Bonchev–Trinajstić information content (AvgIpc) is 3.47. The van der Waals surface area contributed by atoms with Crippen molar-refractivity contribution >= 4 is 39.7 Å². The van der Waals surface area contributed by atoms with E-state index in [9.17, 15) is 14.0 Å². The number of aromatic nitrogens is 2. The van der Waals surface area contributed by atoms with Gasteiger partial charge in [-0.3, -0.25) is 14.2 Å². The molecule has 0 unspecified atom stereocenters. The van der Waals surface area contributed by atoms with Gasteiger partial charge in [0, 0.05) is 18.5 Å². The van der Waals surface area contributed by atoms with Gasteiger partial charge in [0.05, 0.1) is 18.4 Å². The number of hydrogen-bond acceptors (Lipinski definition) is 6. The first-order valence-electron chi connectivity index (χ1n) is 10.8. The SMILES string of the molecule is O=C(CSc1nc2c(oc3ccccc32)c(=O)n1C[C@@H]1CCCO1)NCc1ccc(F)cc1. The highest BCUT2D eigenvalue weighted by Gasteiger charge is 2.23. The predicted molar refractivity (Wildman–Crippen MR) is 124 cm³/mol.